The van der Waals surface area contributed by atoms with Crippen LogP contribution in [0.4, 0.5) is 0 Å². The number of hydrogen-bond donors (Lipinski definition) is 1. The van der Waals surface area contributed by atoms with Gasteiger partial charge < -0.3 is 5.73 Å². The van der Waals surface area contributed by atoms with E-state index < -0.39 is 5.54 Å². The van der Waals surface area contributed by atoms with E-state index in [1.54, 1.807) is 4.68 Å². The minimum atomic E-state index is -0.698. The van der Waals surface area contributed by atoms with E-state index in [0.717, 1.165) is 19.3 Å². The van der Waals surface area contributed by atoms with E-state index in [-0.39, 0.29) is 5.78 Å². The zero-order valence-electron chi connectivity index (χ0n) is 8.66. The quantitative estimate of drug-likeness (QED) is 0.799. The molecular weight excluding hydrogens is 214 g/mol. The summed E-state index contributed by atoms with van der Waals surface area (Å²) in [6.07, 6.45) is 4.01. The average Bonchev–Trinajstić information content (AvgIpc) is 2.54. The lowest BCUT2D eigenvalue weighted by Gasteiger charge is -2.36. The number of nitrogens with zero attached hydrogens (tertiary/aromatic N) is 2. The molecule has 1 heterocycles. The maximum Gasteiger partial charge on any atom is 0.202 e. The van der Waals surface area contributed by atoms with Gasteiger partial charge in [-0.25, -0.2) is 0 Å². The van der Waals surface area contributed by atoms with E-state index in [9.17, 15) is 4.79 Å². The fourth-order valence-electron chi connectivity index (χ4n) is 1.85. The SMILES string of the molecule is CCn1ncc(Cl)c1C(=O)C1(N)CCC1. The number of nitrogens with two attached hydrogens (primary N) is 1. The summed E-state index contributed by atoms with van der Waals surface area (Å²) in [5.74, 6) is -0.0712. The van der Waals surface area contributed by atoms with Crippen molar-refractivity contribution in [1.82, 2.24) is 9.78 Å². The molecule has 0 bridgehead atoms. The zero-order chi connectivity index (χ0) is 11.1. The zero-order valence-corrected chi connectivity index (χ0v) is 9.42. The van der Waals surface area contributed by atoms with Crippen LogP contribution in [0.3, 0.4) is 0 Å². The number of rotatable bonds is 3. The summed E-state index contributed by atoms with van der Waals surface area (Å²) >= 11 is 5.95. The molecule has 1 aliphatic rings. The van der Waals surface area contributed by atoms with Crippen LogP contribution in [0, 0.1) is 0 Å². The van der Waals surface area contributed by atoms with Crippen molar-refractivity contribution in [3.63, 3.8) is 0 Å². The second kappa shape index (κ2) is 3.61. The third-order valence-electron chi connectivity index (χ3n) is 3.01. The highest BCUT2D eigenvalue weighted by atomic mass is 35.5. The van der Waals surface area contributed by atoms with Gasteiger partial charge in [-0.2, -0.15) is 5.10 Å². The number of Topliss-reactive ketones (excluding diaryl/α,β-unsaturated/α-hetero) is 1. The lowest BCUT2D eigenvalue weighted by atomic mass is 9.73. The first kappa shape index (κ1) is 10.6. The van der Waals surface area contributed by atoms with Crippen LogP contribution in [-0.4, -0.2) is 21.1 Å². The average molecular weight is 228 g/mol. The molecule has 0 atom stereocenters. The van der Waals surface area contributed by atoms with E-state index in [4.69, 9.17) is 17.3 Å². The van der Waals surface area contributed by atoms with Crippen LogP contribution < -0.4 is 5.73 Å². The minimum absolute atomic E-state index is 0.0712. The van der Waals surface area contributed by atoms with Crippen molar-refractivity contribution in [3.05, 3.63) is 16.9 Å². The van der Waals surface area contributed by atoms with Crippen molar-refractivity contribution >= 4 is 17.4 Å². The molecule has 0 saturated heterocycles. The standard InChI is InChI=1S/C10H14ClN3O/c1-2-14-8(7(11)6-13-14)9(15)10(12)4-3-5-10/h6H,2-5,12H2,1H3. The van der Waals surface area contributed by atoms with Gasteiger partial charge in [0.2, 0.25) is 5.78 Å². The van der Waals surface area contributed by atoms with E-state index in [2.05, 4.69) is 5.10 Å². The summed E-state index contributed by atoms with van der Waals surface area (Å²) in [6.45, 7) is 2.55. The first-order chi connectivity index (χ1) is 7.08. The molecule has 2 rings (SSSR count). The summed E-state index contributed by atoms with van der Waals surface area (Å²) in [5.41, 5.74) is 5.74. The Bertz CT molecular complexity index is 395. The topological polar surface area (TPSA) is 60.9 Å². The van der Waals surface area contributed by atoms with Crippen molar-refractivity contribution in [2.75, 3.05) is 0 Å². The third-order valence-corrected chi connectivity index (χ3v) is 3.28. The fraction of sp³-hybridized carbons (Fsp3) is 0.600. The number of halogens is 1. The molecule has 0 unspecified atom stereocenters. The van der Waals surface area contributed by atoms with E-state index in [1.807, 2.05) is 6.92 Å². The van der Waals surface area contributed by atoms with Gasteiger partial charge >= 0.3 is 0 Å². The highest BCUT2D eigenvalue weighted by molar-refractivity contribution is 6.34. The van der Waals surface area contributed by atoms with Crippen LogP contribution in [0.15, 0.2) is 6.20 Å². The Balaban J connectivity index is 2.36. The third kappa shape index (κ3) is 1.58. The highest BCUT2D eigenvalue weighted by Crippen LogP contribution is 2.34. The Morgan fingerprint density at radius 3 is 2.87 bits per heavy atom. The van der Waals surface area contributed by atoms with Gasteiger partial charge in [-0.1, -0.05) is 11.6 Å². The predicted molar refractivity (Wildman–Crippen MR) is 58.0 cm³/mol. The lowest BCUT2D eigenvalue weighted by Crippen LogP contribution is -2.54. The van der Waals surface area contributed by atoms with Gasteiger partial charge in [-0.05, 0) is 26.2 Å². The van der Waals surface area contributed by atoms with Crippen molar-refractivity contribution in [1.29, 1.82) is 0 Å². The molecule has 0 spiro atoms. The summed E-state index contributed by atoms with van der Waals surface area (Å²) in [7, 11) is 0. The monoisotopic (exact) mass is 227 g/mol. The van der Waals surface area contributed by atoms with Crippen LogP contribution in [0.2, 0.25) is 5.02 Å². The predicted octanol–water partition coefficient (Wildman–Crippen LogP) is 1.62. The molecule has 4 nitrogen and oxygen atoms in total. The molecule has 0 amide bonds. The molecule has 1 aliphatic carbocycles. The highest BCUT2D eigenvalue weighted by Gasteiger charge is 2.42. The largest absolute Gasteiger partial charge is 0.319 e. The van der Waals surface area contributed by atoms with Gasteiger partial charge in [0.05, 0.1) is 16.8 Å². The summed E-state index contributed by atoms with van der Waals surface area (Å²) in [4.78, 5) is 12.1. The summed E-state index contributed by atoms with van der Waals surface area (Å²) in [5, 5.41) is 4.44. The second-order valence-electron chi connectivity index (χ2n) is 4.00. The van der Waals surface area contributed by atoms with Crippen molar-refractivity contribution in [3.8, 4) is 0 Å². The fourth-order valence-corrected chi connectivity index (χ4v) is 2.08. The Hall–Kier alpha value is -0.870. The Morgan fingerprint density at radius 1 is 1.73 bits per heavy atom. The summed E-state index contributed by atoms with van der Waals surface area (Å²) < 4.78 is 1.61. The lowest BCUT2D eigenvalue weighted by molar-refractivity contribution is 0.0789. The molecule has 1 saturated carbocycles. The molecule has 1 aromatic rings. The molecule has 1 aromatic heterocycles. The Labute approximate surface area is 93.4 Å². The molecule has 2 N–H and O–H groups in total. The molecule has 0 aromatic carbocycles. The van der Waals surface area contributed by atoms with Crippen LogP contribution in [0.25, 0.3) is 0 Å². The van der Waals surface area contributed by atoms with Crippen molar-refractivity contribution in [2.45, 2.75) is 38.3 Å². The molecule has 0 radical (unpaired) electrons. The molecule has 0 aliphatic heterocycles. The van der Waals surface area contributed by atoms with Gasteiger partial charge in [-0.3, -0.25) is 9.48 Å². The molecule has 5 heteroatoms. The van der Waals surface area contributed by atoms with Crippen molar-refractivity contribution in [2.24, 2.45) is 5.73 Å². The van der Waals surface area contributed by atoms with Gasteiger partial charge in [0.1, 0.15) is 5.69 Å². The molecule has 1 fully saturated rings. The van der Waals surface area contributed by atoms with E-state index >= 15 is 0 Å². The van der Waals surface area contributed by atoms with E-state index in [1.165, 1.54) is 6.20 Å². The van der Waals surface area contributed by atoms with Crippen LogP contribution in [-0.2, 0) is 6.54 Å². The van der Waals surface area contributed by atoms with Crippen LogP contribution in [0.1, 0.15) is 36.7 Å². The first-order valence-corrected chi connectivity index (χ1v) is 5.51. The van der Waals surface area contributed by atoms with E-state index in [0.29, 0.717) is 17.3 Å². The summed E-state index contributed by atoms with van der Waals surface area (Å²) in [6, 6.07) is 0. The van der Waals surface area contributed by atoms with Crippen LogP contribution in [0.5, 0.6) is 0 Å². The Morgan fingerprint density at radius 2 is 2.40 bits per heavy atom. The number of aryl methyl sites for hydroxylation is 1. The minimum Gasteiger partial charge on any atom is -0.319 e. The molecule has 15 heavy (non-hydrogen) atoms. The second-order valence-corrected chi connectivity index (χ2v) is 4.40. The van der Waals surface area contributed by atoms with Gasteiger partial charge in [-0.15, -0.1) is 0 Å². The number of ketones is 1. The maximum atomic E-state index is 12.1. The smallest absolute Gasteiger partial charge is 0.202 e. The normalized spacial score (nSPS) is 18.6. The number of hydrogen-bond acceptors (Lipinski definition) is 3. The number of carbonyl (C=O) groups excluding carboxylic acids is 1. The number of carbonyl (C=O) groups is 1. The maximum absolute atomic E-state index is 12.1. The molecular formula is C10H14ClN3O. The first-order valence-electron chi connectivity index (χ1n) is 5.13. The van der Waals surface area contributed by atoms with Gasteiger partial charge in [0.15, 0.2) is 0 Å². The van der Waals surface area contributed by atoms with Crippen molar-refractivity contribution < 1.29 is 4.79 Å². The van der Waals surface area contributed by atoms with Crippen LogP contribution >= 0.6 is 11.6 Å². The van der Waals surface area contributed by atoms with Gasteiger partial charge in [0, 0.05) is 6.54 Å². The number of aromatic nitrogens is 2. The molecule has 82 valence electrons. The Kier molecular flexibility index (Phi) is 2.56. The van der Waals surface area contributed by atoms with Gasteiger partial charge in [0.25, 0.3) is 0 Å².